The first-order valence-corrected chi connectivity index (χ1v) is 3.72. The molecule has 11 heavy (non-hydrogen) atoms. The maximum atomic E-state index is 8.85. The van der Waals surface area contributed by atoms with Gasteiger partial charge < -0.3 is 10.0 Å². The molecule has 0 unspecified atom stereocenters. The van der Waals surface area contributed by atoms with Crippen molar-refractivity contribution in [3.8, 4) is 0 Å². The summed E-state index contributed by atoms with van der Waals surface area (Å²) >= 11 is 4.14. The summed E-state index contributed by atoms with van der Waals surface area (Å²) in [5.74, 6) is 0. The predicted octanol–water partition coefficient (Wildman–Crippen LogP) is -0.0365. The van der Waals surface area contributed by atoms with Crippen LogP contribution in [0.25, 0.3) is 0 Å². The molecular weight excluding hydrogens is 159 g/mol. The van der Waals surface area contributed by atoms with Gasteiger partial charge in [-0.1, -0.05) is 12.1 Å². The van der Waals surface area contributed by atoms with E-state index >= 15 is 0 Å². The van der Waals surface area contributed by atoms with E-state index in [-0.39, 0.29) is 0 Å². The fraction of sp³-hybridized carbons (Fsp3) is 0.143. The molecule has 2 N–H and O–H groups in total. The molecule has 0 spiro atoms. The van der Waals surface area contributed by atoms with E-state index in [9.17, 15) is 0 Å². The average molecular weight is 168 g/mol. The van der Waals surface area contributed by atoms with Gasteiger partial charge in [-0.2, -0.15) is 0 Å². The lowest BCUT2D eigenvalue weighted by Gasteiger charge is -2.05. The third-order valence-electron chi connectivity index (χ3n) is 1.63. The van der Waals surface area contributed by atoms with Gasteiger partial charge in [0.25, 0.3) is 0 Å². The van der Waals surface area contributed by atoms with Crippen molar-refractivity contribution in [2.75, 3.05) is 0 Å². The second kappa shape index (κ2) is 3.30. The van der Waals surface area contributed by atoms with Gasteiger partial charge in [0, 0.05) is 4.90 Å². The van der Waals surface area contributed by atoms with Crippen LogP contribution in [0.1, 0.15) is 5.56 Å². The maximum Gasteiger partial charge on any atom is 0.488 e. The number of rotatable bonds is 1. The van der Waals surface area contributed by atoms with Crippen molar-refractivity contribution in [2.24, 2.45) is 0 Å². The molecule has 0 heterocycles. The zero-order valence-corrected chi connectivity index (χ0v) is 7.05. The summed E-state index contributed by atoms with van der Waals surface area (Å²) in [7, 11) is -1.40. The van der Waals surface area contributed by atoms with Gasteiger partial charge in [-0.15, -0.1) is 12.6 Å². The normalized spacial score (nSPS) is 9.82. The van der Waals surface area contributed by atoms with Crippen molar-refractivity contribution in [1.82, 2.24) is 0 Å². The summed E-state index contributed by atoms with van der Waals surface area (Å²) in [4.78, 5) is 0.774. The van der Waals surface area contributed by atoms with Crippen LogP contribution in [0, 0.1) is 6.92 Å². The van der Waals surface area contributed by atoms with Crippen LogP contribution in [0.4, 0.5) is 0 Å². The minimum absolute atomic E-state index is 0.512. The molecule has 0 aliphatic rings. The van der Waals surface area contributed by atoms with E-state index in [4.69, 9.17) is 10.0 Å². The van der Waals surface area contributed by atoms with Gasteiger partial charge >= 0.3 is 7.12 Å². The molecule has 0 bridgehead atoms. The second-order valence-corrected chi connectivity index (χ2v) is 2.85. The van der Waals surface area contributed by atoms with Gasteiger partial charge in [0.2, 0.25) is 0 Å². The van der Waals surface area contributed by atoms with Crippen LogP contribution < -0.4 is 5.46 Å². The summed E-state index contributed by atoms with van der Waals surface area (Å²) in [6.07, 6.45) is 0. The minimum atomic E-state index is -1.40. The average Bonchev–Trinajstić information content (AvgIpc) is 1.94. The van der Waals surface area contributed by atoms with Gasteiger partial charge in [0.1, 0.15) is 0 Å². The second-order valence-electron chi connectivity index (χ2n) is 2.37. The lowest BCUT2D eigenvalue weighted by atomic mass is 9.77. The van der Waals surface area contributed by atoms with Crippen molar-refractivity contribution in [3.05, 3.63) is 23.8 Å². The van der Waals surface area contributed by atoms with E-state index in [0.717, 1.165) is 10.5 Å². The van der Waals surface area contributed by atoms with Crippen molar-refractivity contribution in [2.45, 2.75) is 11.8 Å². The van der Waals surface area contributed by atoms with Crippen LogP contribution in [0.5, 0.6) is 0 Å². The molecule has 0 atom stereocenters. The fourth-order valence-corrected chi connectivity index (χ4v) is 1.14. The number of hydrogen-bond donors (Lipinski definition) is 3. The van der Waals surface area contributed by atoms with Gasteiger partial charge in [-0.3, -0.25) is 0 Å². The molecule has 2 nitrogen and oxygen atoms in total. The number of thiol groups is 1. The zero-order chi connectivity index (χ0) is 8.43. The smallest absolute Gasteiger partial charge is 0.423 e. The highest BCUT2D eigenvalue weighted by molar-refractivity contribution is 7.80. The van der Waals surface area contributed by atoms with Gasteiger partial charge in [-0.25, -0.2) is 0 Å². The Hall–Kier alpha value is -0.445. The van der Waals surface area contributed by atoms with Crippen molar-refractivity contribution in [1.29, 1.82) is 0 Å². The molecule has 0 fully saturated rings. The summed E-state index contributed by atoms with van der Waals surface area (Å²) in [6.45, 7) is 1.80. The zero-order valence-electron chi connectivity index (χ0n) is 6.15. The van der Waals surface area contributed by atoms with Crippen molar-refractivity contribution >= 4 is 25.2 Å². The highest BCUT2D eigenvalue weighted by Crippen LogP contribution is 2.09. The molecule has 0 aliphatic heterocycles. The third kappa shape index (κ3) is 1.77. The van der Waals surface area contributed by atoms with Crippen molar-refractivity contribution in [3.63, 3.8) is 0 Å². The Bertz CT molecular complexity index is 263. The van der Waals surface area contributed by atoms with Crippen LogP contribution in [0.3, 0.4) is 0 Å². The van der Waals surface area contributed by atoms with E-state index < -0.39 is 7.12 Å². The highest BCUT2D eigenvalue weighted by atomic mass is 32.1. The molecule has 58 valence electrons. The lowest BCUT2D eigenvalue weighted by Crippen LogP contribution is -2.32. The summed E-state index contributed by atoms with van der Waals surface area (Å²) in [6, 6.07) is 5.22. The maximum absolute atomic E-state index is 8.85. The highest BCUT2D eigenvalue weighted by Gasteiger charge is 2.13. The topological polar surface area (TPSA) is 40.5 Å². The van der Waals surface area contributed by atoms with Crippen LogP contribution >= 0.6 is 12.6 Å². The largest absolute Gasteiger partial charge is 0.488 e. The summed E-state index contributed by atoms with van der Waals surface area (Å²) < 4.78 is 0. The first-order chi connectivity index (χ1) is 5.13. The third-order valence-corrected chi connectivity index (χ3v) is 2.11. The number of hydrogen-bond acceptors (Lipinski definition) is 3. The summed E-state index contributed by atoms with van der Waals surface area (Å²) in [5, 5.41) is 17.7. The van der Waals surface area contributed by atoms with Crippen LogP contribution in [-0.4, -0.2) is 17.2 Å². The molecule has 0 aliphatic carbocycles. The molecule has 4 heteroatoms. The quantitative estimate of drug-likeness (QED) is 0.407. The molecule has 1 rings (SSSR count). The molecular formula is C7H9BO2S. The molecule has 0 saturated heterocycles. The minimum Gasteiger partial charge on any atom is -0.423 e. The Labute approximate surface area is 71.4 Å². The van der Waals surface area contributed by atoms with Gasteiger partial charge in [0.15, 0.2) is 0 Å². The van der Waals surface area contributed by atoms with Crippen LogP contribution in [0.15, 0.2) is 23.1 Å². The van der Waals surface area contributed by atoms with E-state index in [1.807, 2.05) is 6.07 Å². The molecule has 0 saturated carbocycles. The number of benzene rings is 1. The van der Waals surface area contributed by atoms with Gasteiger partial charge in [-0.05, 0) is 24.0 Å². The Kier molecular flexibility index (Phi) is 2.60. The van der Waals surface area contributed by atoms with E-state index in [2.05, 4.69) is 12.6 Å². The fourth-order valence-electron chi connectivity index (χ4n) is 0.921. The SMILES string of the molecule is Cc1c(S)cccc1B(O)O. The Balaban J connectivity index is 3.17. The Morgan fingerprint density at radius 2 is 2.00 bits per heavy atom. The molecule has 0 aromatic heterocycles. The van der Waals surface area contributed by atoms with Gasteiger partial charge in [0.05, 0.1) is 0 Å². The van der Waals surface area contributed by atoms with Crippen LogP contribution in [-0.2, 0) is 0 Å². The standard InChI is InChI=1S/C7H9BO2S/c1-5-6(8(9)10)3-2-4-7(5)11/h2-4,9-11H,1H3. The van der Waals surface area contributed by atoms with E-state index in [1.54, 1.807) is 19.1 Å². The predicted molar refractivity (Wildman–Crippen MR) is 48.3 cm³/mol. The summed E-state index contributed by atoms with van der Waals surface area (Å²) in [5.41, 5.74) is 1.32. The molecule has 1 aromatic rings. The molecule has 0 amide bonds. The van der Waals surface area contributed by atoms with E-state index in [0.29, 0.717) is 5.46 Å². The monoisotopic (exact) mass is 168 g/mol. The molecule has 0 radical (unpaired) electrons. The van der Waals surface area contributed by atoms with Crippen LogP contribution in [0.2, 0.25) is 0 Å². The van der Waals surface area contributed by atoms with Crippen molar-refractivity contribution < 1.29 is 10.0 Å². The first kappa shape index (κ1) is 8.65. The Morgan fingerprint density at radius 1 is 1.36 bits per heavy atom. The first-order valence-electron chi connectivity index (χ1n) is 3.27. The van der Waals surface area contributed by atoms with E-state index in [1.165, 1.54) is 0 Å². The Morgan fingerprint density at radius 3 is 2.45 bits per heavy atom. The molecule has 1 aromatic carbocycles. The lowest BCUT2D eigenvalue weighted by molar-refractivity contribution is 0.425.